The lowest BCUT2D eigenvalue weighted by atomic mass is 10.1. The second-order valence-corrected chi connectivity index (χ2v) is 4.37. The lowest BCUT2D eigenvalue weighted by molar-refractivity contribution is 0.0690. The molecule has 3 N–H and O–H groups in total. The van der Waals surface area contributed by atoms with Gasteiger partial charge < -0.3 is 20.5 Å². The molecule has 1 aromatic rings. The van der Waals surface area contributed by atoms with E-state index in [1.165, 1.54) is 6.07 Å². The van der Waals surface area contributed by atoms with E-state index in [4.69, 9.17) is 15.6 Å². The Hall–Kier alpha value is -1.82. The van der Waals surface area contributed by atoms with Crippen LogP contribution >= 0.6 is 0 Å². The molecule has 0 amide bonds. The maximum Gasteiger partial charge on any atom is 0.354 e. The molecule has 2 heterocycles. The number of ether oxygens (including phenoxy) is 1. The Kier molecular flexibility index (Phi) is 3.66. The third-order valence-electron chi connectivity index (χ3n) is 3.20. The number of nitrogens with zero attached hydrogens (tertiary/aromatic N) is 2. The number of carbonyl (C=O) groups is 1. The molecule has 0 aliphatic carbocycles. The fourth-order valence-electron chi connectivity index (χ4n) is 2.11. The maximum absolute atomic E-state index is 10.9. The molecule has 0 atom stereocenters. The van der Waals surface area contributed by atoms with Crippen molar-refractivity contribution in [3.63, 3.8) is 0 Å². The first-order valence-electron chi connectivity index (χ1n) is 5.90. The van der Waals surface area contributed by atoms with Gasteiger partial charge in [0, 0.05) is 26.3 Å². The molecule has 0 saturated carbocycles. The van der Waals surface area contributed by atoms with Crippen LogP contribution in [-0.4, -0.2) is 42.4 Å². The number of rotatable bonds is 3. The van der Waals surface area contributed by atoms with E-state index in [-0.39, 0.29) is 11.7 Å². The van der Waals surface area contributed by atoms with Gasteiger partial charge in [0.25, 0.3) is 0 Å². The van der Waals surface area contributed by atoms with Crippen LogP contribution < -0.4 is 10.6 Å². The molecule has 6 nitrogen and oxygen atoms in total. The van der Waals surface area contributed by atoms with Crippen LogP contribution in [0.25, 0.3) is 0 Å². The number of pyridine rings is 1. The van der Waals surface area contributed by atoms with Gasteiger partial charge in [-0.1, -0.05) is 0 Å². The number of hydrogen-bond donors (Lipinski definition) is 2. The molecule has 6 heteroatoms. The Morgan fingerprint density at radius 2 is 2.17 bits per heavy atom. The molecule has 1 fully saturated rings. The highest BCUT2D eigenvalue weighted by Gasteiger charge is 2.22. The van der Waals surface area contributed by atoms with Crippen LogP contribution in [0, 0.1) is 0 Å². The highest BCUT2D eigenvalue weighted by atomic mass is 16.5. The summed E-state index contributed by atoms with van der Waals surface area (Å²) in [4.78, 5) is 17.0. The van der Waals surface area contributed by atoms with Gasteiger partial charge >= 0.3 is 5.97 Å². The van der Waals surface area contributed by atoms with Gasteiger partial charge in [-0.15, -0.1) is 0 Å². The summed E-state index contributed by atoms with van der Waals surface area (Å²) in [6.07, 6.45) is 1.80. The smallest absolute Gasteiger partial charge is 0.354 e. The molecule has 0 spiro atoms. The molecule has 18 heavy (non-hydrogen) atoms. The number of carboxylic acids is 1. The van der Waals surface area contributed by atoms with Crippen molar-refractivity contribution in [1.29, 1.82) is 0 Å². The van der Waals surface area contributed by atoms with E-state index in [1.807, 2.05) is 11.9 Å². The summed E-state index contributed by atoms with van der Waals surface area (Å²) in [5.74, 6) is -0.515. The standard InChI is InChI=1S/C12H17N3O3/c1-15(8-4-6-18-7-5-8)11-9(13)2-3-10(14-11)12(16)17/h2-3,8H,4-7,13H2,1H3,(H,16,17). The summed E-state index contributed by atoms with van der Waals surface area (Å²) >= 11 is 0. The van der Waals surface area contributed by atoms with Crippen molar-refractivity contribution in [2.75, 3.05) is 30.9 Å². The molecule has 0 radical (unpaired) electrons. The summed E-state index contributed by atoms with van der Waals surface area (Å²) < 4.78 is 5.31. The molecular weight excluding hydrogens is 234 g/mol. The van der Waals surface area contributed by atoms with Crippen LogP contribution in [0.15, 0.2) is 12.1 Å². The van der Waals surface area contributed by atoms with Crippen molar-refractivity contribution >= 4 is 17.5 Å². The van der Waals surface area contributed by atoms with Crippen LogP contribution in [0.2, 0.25) is 0 Å². The van der Waals surface area contributed by atoms with E-state index in [9.17, 15) is 4.79 Å². The number of nitrogens with two attached hydrogens (primary N) is 1. The minimum atomic E-state index is -1.04. The van der Waals surface area contributed by atoms with Gasteiger partial charge in [-0.05, 0) is 25.0 Å². The summed E-state index contributed by atoms with van der Waals surface area (Å²) in [6, 6.07) is 3.29. The van der Waals surface area contributed by atoms with Crippen LogP contribution in [-0.2, 0) is 4.74 Å². The average Bonchev–Trinajstić information content (AvgIpc) is 2.39. The van der Waals surface area contributed by atoms with E-state index in [1.54, 1.807) is 6.07 Å². The van der Waals surface area contributed by atoms with Gasteiger partial charge in [0.1, 0.15) is 0 Å². The van der Waals surface area contributed by atoms with Crippen LogP contribution in [0.5, 0.6) is 0 Å². The van der Waals surface area contributed by atoms with E-state index in [0.29, 0.717) is 24.7 Å². The first kappa shape index (κ1) is 12.6. The predicted octanol–water partition coefficient (Wildman–Crippen LogP) is 0.977. The first-order chi connectivity index (χ1) is 8.59. The summed E-state index contributed by atoms with van der Waals surface area (Å²) in [6.45, 7) is 1.43. The van der Waals surface area contributed by atoms with Crippen LogP contribution in [0.4, 0.5) is 11.5 Å². The molecule has 1 aliphatic heterocycles. The number of aromatic nitrogens is 1. The fraction of sp³-hybridized carbons (Fsp3) is 0.500. The predicted molar refractivity (Wildman–Crippen MR) is 67.9 cm³/mol. The summed E-state index contributed by atoms with van der Waals surface area (Å²) in [5, 5.41) is 8.95. The van der Waals surface area contributed by atoms with Gasteiger partial charge in [0.05, 0.1) is 5.69 Å². The van der Waals surface area contributed by atoms with E-state index in [2.05, 4.69) is 4.98 Å². The Morgan fingerprint density at radius 3 is 2.78 bits per heavy atom. The highest BCUT2D eigenvalue weighted by Crippen LogP contribution is 2.25. The number of aromatic carboxylic acids is 1. The molecule has 0 unspecified atom stereocenters. The van der Waals surface area contributed by atoms with Crippen LogP contribution in [0.3, 0.4) is 0 Å². The van der Waals surface area contributed by atoms with E-state index >= 15 is 0 Å². The van der Waals surface area contributed by atoms with E-state index < -0.39 is 5.97 Å². The molecule has 1 aliphatic rings. The maximum atomic E-state index is 10.9. The van der Waals surface area contributed by atoms with Crippen molar-refractivity contribution < 1.29 is 14.6 Å². The minimum Gasteiger partial charge on any atom is -0.477 e. The third kappa shape index (κ3) is 2.53. The number of anilines is 2. The van der Waals surface area contributed by atoms with Gasteiger partial charge in [0.2, 0.25) is 0 Å². The van der Waals surface area contributed by atoms with Gasteiger partial charge in [0.15, 0.2) is 11.5 Å². The molecule has 0 aromatic carbocycles. The zero-order valence-electron chi connectivity index (χ0n) is 10.3. The van der Waals surface area contributed by atoms with Crippen molar-refractivity contribution in [2.45, 2.75) is 18.9 Å². The summed E-state index contributed by atoms with van der Waals surface area (Å²) in [7, 11) is 1.89. The number of nitrogen functional groups attached to an aromatic ring is 1. The molecule has 0 bridgehead atoms. The largest absolute Gasteiger partial charge is 0.477 e. The monoisotopic (exact) mass is 251 g/mol. The topological polar surface area (TPSA) is 88.7 Å². The summed E-state index contributed by atoms with van der Waals surface area (Å²) in [5.41, 5.74) is 6.38. The molecular formula is C12H17N3O3. The molecule has 2 rings (SSSR count). The van der Waals surface area contributed by atoms with E-state index in [0.717, 1.165) is 12.8 Å². The lowest BCUT2D eigenvalue weighted by Gasteiger charge is -2.32. The number of hydrogen-bond acceptors (Lipinski definition) is 5. The lowest BCUT2D eigenvalue weighted by Crippen LogP contribution is -2.37. The van der Waals surface area contributed by atoms with Gasteiger partial charge in [-0.3, -0.25) is 0 Å². The van der Waals surface area contributed by atoms with Crippen molar-refractivity contribution in [3.05, 3.63) is 17.8 Å². The van der Waals surface area contributed by atoms with Crippen LogP contribution in [0.1, 0.15) is 23.3 Å². The Bertz CT molecular complexity index is 444. The normalized spacial score (nSPS) is 16.5. The zero-order valence-corrected chi connectivity index (χ0v) is 10.3. The van der Waals surface area contributed by atoms with Gasteiger partial charge in [-0.2, -0.15) is 0 Å². The molecule has 1 aromatic heterocycles. The first-order valence-corrected chi connectivity index (χ1v) is 5.90. The average molecular weight is 251 g/mol. The zero-order chi connectivity index (χ0) is 13.1. The quantitative estimate of drug-likeness (QED) is 0.832. The molecule has 98 valence electrons. The SMILES string of the molecule is CN(c1nc(C(=O)O)ccc1N)C1CCOCC1. The van der Waals surface area contributed by atoms with Crippen molar-refractivity contribution in [3.8, 4) is 0 Å². The Labute approximate surface area is 105 Å². The van der Waals surface area contributed by atoms with Crippen molar-refractivity contribution in [2.24, 2.45) is 0 Å². The number of carboxylic acid groups (broad SMARTS) is 1. The second-order valence-electron chi connectivity index (χ2n) is 4.37. The van der Waals surface area contributed by atoms with Gasteiger partial charge in [-0.25, -0.2) is 9.78 Å². The third-order valence-corrected chi connectivity index (χ3v) is 3.20. The fourth-order valence-corrected chi connectivity index (χ4v) is 2.11. The second kappa shape index (κ2) is 5.22. The molecule has 1 saturated heterocycles. The minimum absolute atomic E-state index is 0.0121. The Morgan fingerprint density at radius 1 is 1.50 bits per heavy atom. The Balaban J connectivity index is 2.25. The van der Waals surface area contributed by atoms with Crippen molar-refractivity contribution in [1.82, 2.24) is 4.98 Å². The highest BCUT2D eigenvalue weighted by molar-refractivity contribution is 5.87.